The standard InChI is InChI=1S/C27H23N/c1-18-16-24-22-13-7-6-12-21(22)17-25(24)27(19(18)2)28-26-15-9-8-14-23(26)20-10-4-3-5-11-20/h3-16,28H,17H2,1-2H3. The molecule has 0 atom stereocenters. The van der Waals surface area contributed by atoms with E-state index in [1.807, 2.05) is 0 Å². The maximum absolute atomic E-state index is 3.82. The van der Waals surface area contributed by atoms with E-state index in [1.165, 1.54) is 50.2 Å². The molecule has 1 heteroatoms. The third-order valence-corrected chi connectivity index (χ3v) is 5.90. The van der Waals surface area contributed by atoms with Gasteiger partial charge in [0.05, 0.1) is 0 Å². The summed E-state index contributed by atoms with van der Waals surface area (Å²) in [6.07, 6.45) is 0.989. The molecular weight excluding hydrogens is 338 g/mol. The molecule has 0 saturated carbocycles. The normalized spacial score (nSPS) is 11.8. The number of para-hydroxylation sites is 1. The van der Waals surface area contributed by atoms with Crippen LogP contribution in [0.25, 0.3) is 22.3 Å². The van der Waals surface area contributed by atoms with E-state index in [0.717, 1.165) is 12.1 Å². The Morgan fingerprint density at radius 1 is 0.679 bits per heavy atom. The predicted octanol–water partition coefficient (Wildman–Crippen LogP) is 7.29. The molecule has 0 unspecified atom stereocenters. The molecule has 0 aliphatic heterocycles. The van der Waals surface area contributed by atoms with E-state index in [1.54, 1.807) is 0 Å². The van der Waals surface area contributed by atoms with Crippen molar-refractivity contribution < 1.29 is 0 Å². The van der Waals surface area contributed by atoms with E-state index < -0.39 is 0 Å². The Hall–Kier alpha value is -3.32. The van der Waals surface area contributed by atoms with Crippen molar-refractivity contribution in [3.63, 3.8) is 0 Å². The molecule has 28 heavy (non-hydrogen) atoms. The van der Waals surface area contributed by atoms with Crippen LogP contribution >= 0.6 is 0 Å². The molecule has 136 valence electrons. The Labute approximate surface area is 166 Å². The molecule has 1 aliphatic carbocycles. The Morgan fingerprint density at radius 2 is 1.36 bits per heavy atom. The molecule has 0 amide bonds. The van der Waals surface area contributed by atoms with Gasteiger partial charge >= 0.3 is 0 Å². The summed E-state index contributed by atoms with van der Waals surface area (Å²) < 4.78 is 0. The van der Waals surface area contributed by atoms with Crippen molar-refractivity contribution in [1.82, 2.24) is 0 Å². The Bertz CT molecular complexity index is 1170. The Kier molecular flexibility index (Phi) is 4.02. The summed E-state index contributed by atoms with van der Waals surface area (Å²) in [5, 5.41) is 3.82. The minimum Gasteiger partial charge on any atom is -0.355 e. The van der Waals surface area contributed by atoms with Gasteiger partial charge in [0.25, 0.3) is 0 Å². The summed E-state index contributed by atoms with van der Waals surface area (Å²) >= 11 is 0. The van der Waals surface area contributed by atoms with Gasteiger partial charge in [0.2, 0.25) is 0 Å². The fourth-order valence-corrected chi connectivity index (χ4v) is 4.29. The molecule has 0 heterocycles. The highest BCUT2D eigenvalue weighted by molar-refractivity contribution is 5.88. The number of rotatable bonds is 3. The van der Waals surface area contributed by atoms with Crippen LogP contribution in [0.2, 0.25) is 0 Å². The van der Waals surface area contributed by atoms with Crippen LogP contribution in [0.1, 0.15) is 22.3 Å². The molecule has 0 radical (unpaired) electrons. The zero-order valence-corrected chi connectivity index (χ0v) is 16.3. The summed E-state index contributed by atoms with van der Waals surface area (Å²) in [5.74, 6) is 0. The van der Waals surface area contributed by atoms with E-state index in [4.69, 9.17) is 0 Å². The van der Waals surface area contributed by atoms with E-state index >= 15 is 0 Å². The van der Waals surface area contributed by atoms with Crippen LogP contribution in [-0.2, 0) is 6.42 Å². The topological polar surface area (TPSA) is 12.0 Å². The number of anilines is 2. The van der Waals surface area contributed by atoms with Crippen molar-refractivity contribution in [1.29, 1.82) is 0 Å². The van der Waals surface area contributed by atoms with Gasteiger partial charge in [0, 0.05) is 23.4 Å². The van der Waals surface area contributed by atoms with Gasteiger partial charge in [0.15, 0.2) is 0 Å². The van der Waals surface area contributed by atoms with Gasteiger partial charge in [-0.3, -0.25) is 0 Å². The highest BCUT2D eigenvalue weighted by Crippen LogP contribution is 2.44. The molecule has 5 rings (SSSR count). The quantitative estimate of drug-likeness (QED) is 0.356. The molecule has 4 aromatic carbocycles. The smallest absolute Gasteiger partial charge is 0.0464 e. The number of nitrogens with one attached hydrogen (secondary N) is 1. The lowest BCUT2D eigenvalue weighted by atomic mass is 9.96. The number of hydrogen-bond acceptors (Lipinski definition) is 1. The van der Waals surface area contributed by atoms with Crippen LogP contribution < -0.4 is 5.32 Å². The first kappa shape index (κ1) is 16.8. The highest BCUT2D eigenvalue weighted by atomic mass is 14.9. The first-order chi connectivity index (χ1) is 13.7. The van der Waals surface area contributed by atoms with Gasteiger partial charge in [-0.15, -0.1) is 0 Å². The van der Waals surface area contributed by atoms with E-state index in [9.17, 15) is 0 Å². The molecule has 0 saturated heterocycles. The maximum Gasteiger partial charge on any atom is 0.0464 e. The predicted molar refractivity (Wildman–Crippen MR) is 119 cm³/mol. The summed E-state index contributed by atoms with van der Waals surface area (Å²) in [7, 11) is 0. The van der Waals surface area contributed by atoms with E-state index in [0.29, 0.717) is 0 Å². The number of hydrogen-bond donors (Lipinski definition) is 1. The first-order valence-electron chi connectivity index (χ1n) is 9.85. The van der Waals surface area contributed by atoms with Gasteiger partial charge in [-0.25, -0.2) is 0 Å². The summed E-state index contributed by atoms with van der Waals surface area (Å²) in [6.45, 7) is 4.44. The Balaban J connectivity index is 1.65. The molecular formula is C27H23N. The van der Waals surface area contributed by atoms with Crippen molar-refractivity contribution >= 4 is 11.4 Å². The second-order valence-electron chi connectivity index (χ2n) is 7.59. The minimum absolute atomic E-state index is 0.989. The fraction of sp³-hybridized carbons (Fsp3) is 0.111. The molecule has 1 aliphatic rings. The van der Waals surface area contributed by atoms with Crippen molar-refractivity contribution in [2.45, 2.75) is 20.3 Å². The van der Waals surface area contributed by atoms with Gasteiger partial charge in [-0.1, -0.05) is 78.9 Å². The molecule has 0 spiro atoms. The van der Waals surface area contributed by atoms with Crippen molar-refractivity contribution in [3.05, 3.63) is 107 Å². The van der Waals surface area contributed by atoms with Crippen LogP contribution in [0.3, 0.4) is 0 Å². The fourth-order valence-electron chi connectivity index (χ4n) is 4.29. The molecule has 0 aromatic heterocycles. The van der Waals surface area contributed by atoms with Gasteiger partial charge in [-0.05, 0) is 58.9 Å². The summed E-state index contributed by atoms with van der Waals surface area (Å²) in [6, 6.07) is 30.3. The van der Waals surface area contributed by atoms with Crippen LogP contribution in [-0.4, -0.2) is 0 Å². The molecule has 0 bridgehead atoms. The lowest BCUT2D eigenvalue weighted by Gasteiger charge is -2.19. The van der Waals surface area contributed by atoms with Crippen molar-refractivity contribution in [2.24, 2.45) is 0 Å². The van der Waals surface area contributed by atoms with Crippen molar-refractivity contribution in [3.8, 4) is 22.3 Å². The van der Waals surface area contributed by atoms with Gasteiger partial charge in [0.1, 0.15) is 0 Å². The Morgan fingerprint density at radius 3 is 2.18 bits per heavy atom. The summed E-state index contributed by atoms with van der Waals surface area (Å²) in [4.78, 5) is 0. The highest BCUT2D eigenvalue weighted by Gasteiger charge is 2.23. The van der Waals surface area contributed by atoms with Gasteiger partial charge < -0.3 is 5.32 Å². The SMILES string of the molecule is Cc1cc2c(c(Nc3ccccc3-c3ccccc3)c1C)Cc1ccccc1-2. The van der Waals surface area contributed by atoms with Crippen molar-refractivity contribution in [2.75, 3.05) is 5.32 Å². The first-order valence-corrected chi connectivity index (χ1v) is 9.85. The van der Waals surface area contributed by atoms with Crippen LogP contribution in [0.15, 0.2) is 84.9 Å². The molecule has 4 aromatic rings. The lowest BCUT2D eigenvalue weighted by molar-refractivity contribution is 1.23. The molecule has 0 fully saturated rings. The third-order valence-electron chi connectivity index (χ3n) is 5.90. The van der Waals surface area contributed by atoms with Crippen LogP contribution in [0, 0.1) is 13.8 Å². The van der Waals surface area contributed by atoms with E-state index in [2.05, 4.69) is 104 Å². The second kappa shape index (κ2) is 6.69. The van der Waals surface area contributed by atoms with E-state index in [-0.39, 0.29) is 0 Å². The van der Waals surface area contributed by atoms with Crippen LogP contribution in [0.4, 0.5) is 11.4 Å². The maximum atomic E-state index is 3.82. The van der Waals surface area contributed by atoms with Gasteiger partial charge in [-0.2, -0.15) is 0 Å². The summed E-state index contributed by atoms with van der Waals surface area (Å²) in [5.41, 5.74) is 13.1. The third kappa shape index (κ3) is 2.71. The van der Waals surface area contributed by atoms with Crippen LogP contribution in [0.5, 0.6) is 0 Å². The molecule has 1 nitrogen and oxygen atoms in total. The number of fused-ring (bicyclic) bond motifs is 3. The largest absolute Gasteiger partial charge is 0.355 e. The lowest BCUT2D eigenvalue weighted by Crippen LogP contribution is -2.01. The average Bonchev–Trinajstić information content (AvgIpc) is 3.10. The zero-order valence-electron chi connectivity index (χ0n) is 16.3. The average molecular weight is 361 g/mol. The molecule has 1 N–H and O–H groups in total. The monoisotopic (exact) mass is 361 g/mol. The number of benzene rings is 4. The minimum atomic E-state index is 0.989. The second-order valence-corrected chi connectivity index (χ2v) is 7.59. The zero-order chi connectivity index (χ0) is 19.1. The number of aryl methyl sites for hydroxylation is 1.